The maximum Gasteiger partial charge on any atom is 0.349 e. The molecule has 0 saturated heterocycles. The summed E-state index contributed by atoms with van der Waals surface area (Å²) >= 11 is 1.18. The van der Waals surface area contributed by atoms with Crippen molar-refractivity contribution in [1.82, 2.24) is 0 Å². The van der Waals surface area contributed by atoms with Gasteiger partial charge in [-0.25, -0.2) is 9.18 Å². The molecule has 2 aromatic carbocycles. The molecule has 0 atom stereocenters. The van der Waals surface area contributed by atoms with Crippen LogP contribution in [0.2, 0.25) is 0 Å². The Morgan fingerprint density at radius 1 is 1.19 bits per heavy atom. The minimum atomic E-state index is -0.594. The molecule has 0 N–H and O–H groups in total. The van der Waals surface area contributed by atoms with E-state index < -0.39 is 5.97 Å². The Labute approximate surface area is 153 Å². The third-order valence-electron chi connectivity index (χ3n) is 4.60. The van der Waals surface area contributed by atoms with E-state index in [1.54, 1.807) is 24.0 Å². The minimum Gasteiger partial charge on any atom is -0.451 e. The molecule has 1 aliphatic heterocycles. The smallest absolute Gasteiger partial charge is 0.349 e. The lowest BCUT2D eigenvalue weighted by molar-refractivity contribution is -0.121. The van der Waals surface area contributed by atoms with E-state index in [4.69, 9.17) is 4.74 Å². The van der Waals surface area contributed by atoms with Crippen LogP contribution in [0.3, 0.4) is 0 Å². The van der Waals surface area contributed by atoms with Crippen molar-refractivity contribution in [2.45, 2.75) is 13.3 Å². The van der Waals surface area contributed by atoms with Gasteiger partial charge in [0.25, 0.3) is 5.91 Å². The molecule has 1 aromatic heterocycles. The minimum absolute atomic E-state index is 0.256. The number of fused-ring (bicyclic) bond motifs is 2. The second kappa shape index (κ2) is 6.53. The van der Waals surface area contributed by atoms with Gasteiger partial charge in [0.2, 0.25) is 0 Å². The van der Waals surface area contributed by atoms with Crippen LogP contribution in [0.25, 0.3) is 10.1 Å². The van der Waals surface area contributed by atoms with Crippen molar-refractivity contribution >= 4 is 39.0 Å². The summed E-state index contributed by atoms with van der Waals surface area (Å²) in [6.07, 6.45) is 0.796. The average molecular weight is 369 g/mol. The van der Waals surface area contributed by atoms with Crippen LogP contribution in [0.4, 0.5) is 10.1 Å². The summed E-state index contributed by atoms with van der Waals surface area (Å²) in [6, 6.07) is 12.4. The first-order valence-corrected chi connectivity index (χ1v) is 9.11. The van der Waals surface area contributed by atoms with Crippen LogP contribution in [-0.2, 0) is 16.0 Å². The van der Waals surface area contributed by atoms with Gasteiger partial charge in [-0.1, -0.05) is 24.3 Å². The Morgan fingerprint density at radius 2 is 2.00 bits per heavy atom. The summed E-state index contributed by atoms with van der Waals surface area (Å²) < 4.78 is 19.9. The summed E-state index contributed by atoms with van der Waals surface area (Å²) in [5.41, 5.74) is 2.53. The SMILES string of the molecule is Cc1c(C(=O)OCC(=O)N2CCc3ccccc32)sc2cccc(F)c12. The first-order chi connectivity index (χ1) is 12.6. The van der Waals surface area contributed by atoms with Crippen LogP contribution < -0.4 is 4.90 Å². The van der Waals surface area contributed by atoms with Gasteiger partial charge in [0.15, 0.2) is 6.61 Å². The first-order valence-electron chi connectivity index (χ1n) is 8.29. The standard InChI is InChI=1S/C20H16FNO3S/c1-12-18-14(21)6-4-8-16(18)26-19(12)20(24)25-11-17(23)22-10-9-13-5-2-3-7-15(13)22/h2-8H,9-11H2,1H3. The molecule has 6 heteroatoms. The number of carbonyl (C=O) groups is 2. The molecule has 0 radical (unpaired) electrons. The van der Waals surface area contributed by atoms with Crippen LogP contribution in [-0.4, -0.2) is 25.0 Å². The molecule has 1 amide bonds. The van der Waals surface area contributed by atoms with Crippen molar-refractivity contribution < 1.29 is 18.7 Å². The molecule has 132 valence electrons. The number of aryl methyl sites for hydroxylation is 1. The lowest BCUT2D eigenvalue weighted by Crippen LogP contribution is -2.33. The summed E-state index contributed by atoms with van der Waals surface area (Å²) in [5.74, 6) is -1.21. The maximum atomic E-state index is 14.0. The van der Waals surface area contributed by atoms with E-state index in [0.29, 0.717) is 27.1 Å². The molecule has 0 unspecified atom stereocenters. The summed E-state index contributed by atoms with van der Waals surface area (Å²) in [6.45, 7) is 1.95. The molecular weight excluding hydrogens is 353 g/mol. The van der Waals surface area contributed by atoms with Gasteiger partial charge in [0, 0.05) is 22.3 Å². The molecule has 0 aliphatic carbocycles. The number of para-hydroxylation sites is 1. The highest BCUT2D eigenvalue weighted by molar-refractivity contribution is 7.21. The summed E-state index contributed by atoms with van der Waals surface area (Å²) in [5, 5.41) is 0.434. The molecule has 0 fully saturated rings. The van der Waals surface area contributed by atoms with Gasteiger partial charge in [0.05, 0.1) is 0 Å². The third-order valence-corrected chi connectivity index (χ3v) is 5.84. The predicted molar refractivity (Wildman–Crippen MR) is 99.3 cm³/mol. The molecule has 3 aromatic rings. The van der Waals surface area contributed by atoms with Gasteiger partial charge < -0.3 is 9.64 Å². The molecule has 0 bridgehead atoms. The number of ether oxygens (including phenoxy) is 1. The third kappa shape index (κ3) is 2.76. The molecule has 26 heavy (non-hydrogen) atoms. The number of rotatable bonds is 3. The molecule has 1 aliphatic rings. The van der Waals surface area contributed by atoms with E-state index in [1.165, 1.54) is 17.4 Å². The van der Waals surface area contributed by atoms with Crippen LogP contribution in [0.15, 0.2) is 42.5 Å². The fraction of sp³-hybridized carbons (Fsp3) is 0.200. The zero-order valence-electron chi connectivity index (χ0n) is 14.1. The molecule has 0 saturated carbocycles. The number of thiophene rings is 1. The van der Waals surface area contributed by atoms with Crippen LogP contribution in [0.1, 0.15) is 20.8 Å². The number of hydrogen-bond donors (Lipinski definition) is 0. The fourth-order valence-corrected chi connectivity index (χ4v) is 4.43. The van der Waals surface area contributed by atoms with Gasteiger partial charge >= 0.3 is 5.97 Å². The fourth-order valence-electron chi connectivity index (χ4n) is 3.32. The zero-order chi connectivity index (χ0) is 18.3. The monoisotopic (exact) mass is 369 g/mol. The molecule has 0 spiro atoms. The number of nitrogens with zero attached hydrogens (tertiary/aromatic N) is 1. The van der Waals surface area contributed by atoms with Gasteiger partial charge in [0.1, 0.15) is 10.7 Å². The van der Waals surface area contributed by atoms with E-state index in [-0.39, 0.29) is 18.3 Å². The largest absolute Gasteiger partial charge is 0.451 e. The van der Waals surface area contributed by atoms with E-state index in [1.807, 2.05) is 24.3 Å². The van der Waals surface area contributed by atoms with Crippen molar-refractivity contribution in [2.75, 3.05) is 18.1 Å². The van der Waals surface area contributed by atoms with Gasteiger partial charge in [-0.05, 0) is 42.7 Å². The van der Waals surface area contributed by atoms with Gasteiger partial charge in [-0.3, -0.25) is 4.79 Å². The zero-order valence-corrected chi connectivity index (χ0v) is 14.9. The maximum absolute atomic E-state index is 14.0. The average Bonchev–Trinajstić information content (AvgIpc) is 3.22. The summed E-state index contributed by atoms with van der Waals surface area (Å²) in [4.78, 5) is 26.8. The van der Waals surface area contributed by atoms with E-state index in [0.717, 1.165) is 17.7 Å². The molecule has 2 heterocycles. The number of esters is 1. The van der Waals surface area contributed by atoms with Crippen LogP contribution >= 0.6 is 11.3 Å². The quantitative estimate of drug-likeness (QED) is 0.653. The van der Waals surface area contributed by atoms with Crippen molar-refractivity contribution in [3.63, 3.8) is 0 Å². The second-order valence-electron chi connectivity index (χ2n) is 6.17. The molecular formula is C20H16FNO3S. The highest BCUT2D eigenvalue weighted by Gasteiger charge is 2.26. The van der Waals surface area contributed by atoms with Gasteiger partial charge in [-0.2, -0.15) is 0 Å². The number of anilines is 1. The number of halogens is 1. The number of benzene rings is 2. The number of amides is 1. The van der Waals surface area contributed by atoms with E-state index in [9.17, 15) is 14.0 Å². The normalized spacial score (nSPS) is 13.1. The second-order valence-corrected chi connectivity index (χ2v) is 7.22. The van der Waals surface area contributed by atoms with Crippen molar-refractivity contribution in [1.29, 1.82) is 0 Å². The Morgan fingerprint density at radius 3 is 2.81 bits per heavy atom. The Balaban J connectivity index is 1.49. The van der Waals surface area contributed by atoms with Gasteiger partial charge in [-0.15, -0.1) is 11.3 Å². The van der Waals surface area contributed by atoms with Crippen molar-refractivity contribution in [2.24, 2.45) is 0 Å². The molecule has 4 rings (SSSR count). The van der Waals surface area contributed by atoms with E-state index >= 15 is 0 Å². The lowest BCUT2D eigenvalue weighted by atomic mass is 10.1. The Bertz CT molecular complexity index is 1030. The van der Waals surface area contributed by atoms with Crippen molar-refractivity contribution in [3.8, 4) is 0 Å². The highest BCUT2D eigenvalue weighted by atomic mass is 32.1. The first kappa shape index (κ1) is 16.7. The van der Waals surface area contributed by atoms with Crippen LogP contribution in [0.5, 0.6) is 0 Å². The highest BCUT2D eigenvalue weighted by Crippen LogP contribution is 2.33. The predicted octanol–water partition coefficient (Wildman–Crippen LogP) is 4.09. The van der Waals surface area contributed by atoms with Crippen molar-refractivity contribution in [3.05, 3.63) is 64.3 Å². The molecule has 4 nitrogen and oxygen atoms in total. The Kier molecular flexibility index (Phi) is 4.20. The lowest BCUT2D eigenvalue weighted by Gasteiger charge is -2.17. The topological polar surface area (TPSA) is 46.6 Å². The van der Waals surface area contributed by atoms with Crippen LogP contribution in [0, 0.1) is 12.7 Å². The summed E-state index contributed by atoms with van der Waals surface area (Å²) in [7, 11) is 0. The van der Waals surface area contributed by atoms with E-state index in [2.05, 4.69) is 0 Å². The number of hydrogen-bond acceptors (Lipinski definition) is 4. The number of carbonyl (C=O) groups excluding carboxylic acids is 2. The Hall–Kier alpha value is -2.73.